The molecule has 0 saturated heterocycles. The first-order valence-electron chi connectivity index (χ1n) is 13.0. The number of anilines is 1. The normalized spacial score (nSPS) is 15.5. The maximum atomic E-state index is 13.7. The van der Waals surface area contributed by atoms with Gasteiger partial charge in [0.2, 0.25) is 5.95 Å². The number of halogens is 2. The molecule has 0 saturated carbocycles. The van der Waals surface area contributed by atoms with Crippen LogP contribution in [0.5, 0.6) is 0 Å². The van der Waals surface area contributed by atoms with Gasteiger partial charge in [-0.2, -0.15) is 0 Å². The molecule has 204 valence electrons. The lowest BCUT2D eigenvalue weighted by molar-refractivity contribution is 0.144. The van der Waals surface area contributed by atoms with Gasteiger partial charge in [0.05, 0.1) is 36.1 Å². The Morgan fingerprint density at radius 2 is 1.95 bits per heavy atom. The summed E-state index contributed by atoms with van der Waals surface area (Å²) in [7, 11) is -2.04. The highest BCUT2D eigenvalue weighted by Crippen LogP contribution is 2.39. The van der Waals surface area contributed by atoms with Crippen LogP contribution in [0, 0.1) is 0 Å². The highest BCUT2D eigenvalue weighted by Gasteiger charge is 2.40. The Morgan fingerprint density at radius 3 is 2.58 bits per heavy atom. The predicted octanol–water partition coefficient (Wildman–Crippen LogP) is 8.01. The Morgan fingerprint density at radius 1 is 1.21 bits per heavy atom. The number of hydrogen-bond acceptors (Lipinski definition) is 5. The molecule has 1 amide bonds. The van der Waals surface area contributed by atoms with Crippen molar-refractivity contribution in [1.29, 1.82) is 0 Å². The fourth-order valence-corrected chi connectivity index (χ4v) is 5.51. The molecule has 1 aromatic carbocycles. The van der Waals surface area contributed by atoms with Gasteiger partial charge in [-0.05, 0) is 55.2 Å². The molecule has 2 atom stereocenters. The zero-order valence-corrected chi connectivity index (χ0v) is 25.7. The van der Waals surface area contributed by atoms with Gasteiger partial charge in [0.1, 0.15) is 0 Å². The van der Waals surface area contributed by atoms with Crippen molar-refractivity contribution in [1.82, 2.24) is 19.4 Å². The quantitative estimate of drug-likeness (QED) is 0.262. The van der Waals surface area contributed by atoms with Crippen LogP contribution in [-0.2, 0) is 11.0 Å². The third-order valence-corrected chi connectivity index (χ3v) is 12.7. The van der Waals surface area contributed by atoms with Gasteiger partial charge < -0.3 is 14.6 Å². The van der Waals surface area contributed by atoms with Crippen LogP contribution in [0.3, 0.4) is 0 Å². The Hall–Kier alpha value is -2.39. The highest BCUT2D eigenvalue weighted by molar-refractivity contribution is 6.74. The molecule has 38 heavy (non-hydrogen) atoms. The first-order chi connectivity index (χ1) is 17.8. The molecule has 1 N–H and O–H groups in total. The summed E-state index contributed by atoms with van der Waals surface area (Å²) in [6.45, 7) is 16.1. The van der Waals surface area contributed by atoms with Gasteiger partial charge in [0, 0.05) is 28.5 Å². The van der Waals surface area contributed by atoms with Gasteiger partial charge in [-0.25, -0.2) is 14.8 Å². The monoisotopic (exact) mass is 573 g/mol. The summed E-state index contributed by atoms with van der Waals surface area (Å²) in [5.74, 6) is 0.516. The van der Waals surface area contributed by atoms with E-state index >= 15 is 0 Å². The first-order valence-corrected chi connectivity index (χ1v) is 16.7. The second-order valence-electron chi connectivity index (χ2n) is 11.5. The van der Waals surface area contributed by atoms with Gasteiger partial charge in [0.25, 0.3) is 0 Å². The summed E-state index contributed by atoms with van der Waals surface area (Å²) in [5, 5.41) is 4.41. The number of amides is 1. The van der Waals surface area contributed by atoms with E-state index in [-0.39, 0.29) is 23.2 Å². The molecular formula is C28H37Cl2N5O2Si. The standard InChI is InChI=1S/C28H37Cl2N5O2Si/c1-8-18(2)32-26-31-14-23(30)25(33-26)20-13-22-16-35(27(36)34(22)15-20)24(19-10-9-11-21(29)12-19)17-37-38(6,7)28(3,4)5/h9-15,18,24H,8,16-17H2,1-7H3,(H,31,32,33)/t18-,24+/m0/s1. The summed E-state index contributed by atoms with van der Waals surface area (Å²) in [6.07, 6.45) is 4.35. The SMILES string of the molecule is CC[C@H](C)Nc1ncc(Cl)c(-c2cc3n(c2)C(=O)N([C@H](CO[Si](C)(C)C(C)(C)C)c2cccc(Cl)c2)C3)n1. The number of aromatic nitrogens is 3. The third-order valence-electron chi connectivity index (χ3n) is 7.71. The predicted molar refractivity (Wildman–Crippen MR) is 158 cm³/mol. The van der Waals surface area contributed by atoms with Crippen molar-refractivity contribution >= 4 is 43.5 Å². The van der Waals surface area contributed by atoms with Crippen molar-refractivity contribution in [2.24, 2.45) is 0 Å². The van der Waals surface area contributed by atoms with E-state index in [1.165, 1.54) is 0 Å². The molecule has 0 aliphatic carbocycles. The Kier molecular flexibility index (Phi) is 8.28. The number of fused-ring (bicyclic) bond motifs is 1. The van der Waals surface area contributed by atoms with Crippen molar-refractivity contribution in [3.63, 3.8) is 0 Å². The maximum Gasteiger partial charge on any atom is 0.329 e. The number of carbonyl (C=O) groups excluding carboxylic acids is 1. The van der Waals surface area contributed by atoms with Crippen LogP contribution in [-0.4, -0.2) is 46.4 Å². The molecule has 7 nitrogen and oxygen atoms in total. The highest BCUT2D eigenvalue weighted by atomic mass is 35.5. The molecule has 0 spiro atoms. The average molecular weight is 575 g/mol. The molecule has 0 unspecified atom stereocenters. The fourth-order valence-electron chi connectivity index (χ4n) is 4.11. The third kappa shape index (κ3) is 5.93. The molecule has 10 heteroatoms. The lowest BCUT2D eigenvalue weighted by atomic mass is 10.1. The molecule has 0 bridgehead atoms. The van der Waals surface area contributed by atoms with E-state index in [0.717, 1.165) is 23.2 Å². The van der Waals surface area contributed by atoms with E-state index in [0.29, 0.717) is 34.8 Å². The van der Waals surface area contributed by atoms with Crippen molar-refractivity contribution in [2.75, 3.05) is 11.9 Å². The number of carbonyl (C=O) groups is 1. The van der Waals surface area contributed by atoms with Gasteiger partial charge >= 0.3 is 6.03 Å². The van der Waals surface area contributed by atoms with Crippen LogP contribution in [0.4, 0.5) is 10.7 Å². The van der Waals surface area contributed by atoms with Crippen molar-refractivity contribution in [3.05, 3.63) is 64.0 Å². The average Bonchev–Trinajstić information content (AvgIpc) is 3.39. The molecular weight excluding hydrogens is 537 g/mol. The maximum absolute atomic E-state index is 13.7. The summed E-state index contributed by atoms with van der Waals surface area (Å²) in [4.78, 5) is 24.5. The minimum atomic E-state index is -2.04. The minimum Gasteiger partial charge on any atom is -0.414 e. The first kappa shape index (κ1) is 28.6. The van der Waals surface area contributed by atoms with Crippen LogP contribution in [0.15, 0.2) is 42.7 Å². The van der Waals surface area contributed by atoms with Gasteiger partial charge in [0.15, 0.2) is 8.32 Å². The summed E-state index contributed by atoms with van der Waals surface area (Å²) >= 11 is 12.8. The van der Waals surface area contributed by atoms with E-state index in [2.05, 4.69) is 63.0 Å². The molecule has 0 fully saturated rings. The molecule has 3 aromatic rings. The van der Waals surface area contributed by atoms with Gasteiger partial charge in [-0.15, -0.1) is 0 Å². The van der Waals surface area contributed by atoms with Crippen LogP contribution in [0.1, 0.15) is 58.3 Å². The lowest BCUT2D eigenvalue weighted by Crippen LogP contribution is -2.44. The number of nitrogens with one attached hydrogen (secondary N) is 1. The molecule has 2 aromatic heterocycles. The zero-order chi connectivity index (χ0) is 27.8. The summed E-state index contributed by atoms with van der Waals surface area (Å²) in [6, 6.07) is 9.50. The summed E-state index contributed by atoms with van der Waals surface area (Å²) in [5.41, 5.74) is 3.21. The lowest BCUT2D eigenvalue weighted by Gasteiger charge is -2.38. The van der Waals surface area contributed by atoms with Crippen molar-refractivity contribution < 1.29 is 9.22 Å². The minimum absolute atomic E-state index is 0.0561. The molecule has 4 rings (SSSR count). The topological polar surface area (TPSA) is 72.3 Å². The molecule has 1 aliphatic heterocycles. The Bertz CT molecular complexity index is 1320. The second-order valence-corrected chi connectivity index (χ2v) is 17.1. The van der Waals surface area contributed by atoms with E-state index in [4.69, 9.17) is 27.6 Å². The smallest absolute Gasteiger partial charge is 0.329 e. The number of hydrogen-bond donors (Lipinski definition) is 1. The number of nitrogens with zero attached hydrogens (tertiary/aromatic N) is 4. The van der Waals surface area contributed by atoms with E-state index in [9.17, 15) is 4.79 Å². The van der Waals surface area contributed by atoms with Crippen LogP contribution < -0.4 is 5.32 Å². The van der Waals surface area contributed by atoms with Crippen LogP contribution in [0.2, 0.25) is 28.2 Å². The van der Waals surface area contributed by atoms with Gasteiger partial charge in [-0.3, -0.25) is 4.57 Å². The second kappa shape index (κ2) is 11.0. The van der Waals surface area contributed by atoms with Crippen molar-refractivity contribution in [2.45, 2.75) is 77.8 Å². The Labute approximate surface area is 236 Å². The summed E-state index contributed by atoms with van der Waals surface area (Å²) < 4.78 is 8.28. The Balaban J connectivity index is 1.62. The zero-order valence-electron chi connectivity index (χ0n) is 23.2. The molecule has 3 heterocycles. The van der Waals surface area contributed by atoms with E-state index < -0.39 is 8.32 Å². The molecule has 1 aliphatic rings. The number of rotatable bonds is 9. The molecule has 0 radical (unpaired) electrons. The van der Waals surface area contributed by atoms with E-state index in [1.807, 2.05) is 41.4 Å². The number of benzene rings is 1. The van der Waals surface area contributed by atoms with Gasteiger partial charge in [-0.1, -0.05) is 63.0 Å². The van der Waals surface area contributed by atoms with Crippen LogP contribution in [0.25, 0.3) is 11.3 Å². The van der Waals surface area contributed by atoms with Crippen LogP contribution >= 0.6 is 23.2 Å². The van der Waals surface area contributed by atoms with Crippen molar-refractivity contribution in [3.8, 4) is 11.3 Å². The largest absolute Gasteiger partial charge is 0.414 e. The fraction of sp³-hybridized carbons (Fsp3) is 0.464. The van der Waals surface area contributed by atoms with E-state index in [1.54, 1.807) is 10.8 Å².